The average molecular weight is 299 g/mol. The lowest BCUT2D eigenvalue weighted by Crippen LogP contribution is -2.35. The molecule has 0 fully saturated rings. The molecule has 0 saturated carbocycles. The van der Waals surface area contributed by atoms with Crippen LogP contribution in [-0.4, -0.2) is 39.0 Å². The number of benzene rings is 1. The van der Waals surface area contributed by atoms with Crippen LogP contribution in [0.1, 0.15) is 40.3 Å². The normalized spacial score (nSPS) is 12.0. The van der Waals surface area contributed by atoms with Gasteiger partial charge in [-0.15, -0.1) is 0 Å². The standard InChI is InChI=1S/C17H21N3O2/c1-4-20(17(22)15-9-13(3)18-11-19-15)10-16(21)14-7-5-12(2)6-8-14/h5-9,11,16,21H,4,10H2,1-3H3. The van der Waals surface area contributed by atoms with Crippen molar-refractivity contribution in [2.24, 2.45) is 0 Å². The largest absolute Gasteiger partial charge is 0.387 e. The molecule has 1 heterocycles. The molecule has 0 saturated heterocycles. The van der Waals surface area contributed by atoms with E-state index >= 15 is 0 Å². The summed E-state index contributed by atoms with van der Waals surface area (Å²) in [7, 11) is 0. The van der Waals surface area contributed by atoms with Gasteiger partial charge in [-0.3, -0.25) is 4.79 Å². The Bertz CT molecular complexity index is 641. The van der Waals surface area contributed by atoms with Crippen LogP contribution in [0.2, 0.25) is 0 Å². The number of hydrogen-bond donors (Lipinski definition) is 1. The molecule has 0 aliphatic rings. The van der Waals surface area contributed by atoms with Crippen molar-refractivity contribution >= 4 is 5.91 Å². The number of rotatable bonds is 5. The maximum absolute atomic E-state index is 12.5. The Morgan fingerprint density at radius 2 is 1.91 bits per heavy atom. The fraction of sp³-hybridized carbons (Fsp3) is 0.353. The molecular formula is C17H21N3O2. The first kappa shape index (κ1) is 16.1. The quantitative estimate of drug-likeness (QED) is 0.920. The number of carbonyl (C=O) groups is 1. The van der Waals surface area contributed by atoms with Crippen LogP contribution in [0.5, 0.6) is 0 Å². The highest BCUT2D eigenvalue weighted by Gasteiger charge is 2.20. The molecule has 1 aromatic carbocycles. The molecule has 1 amide bonds. The first-order valence-electron chi connectivity index (χ1n) is 7.33. The summed E-state index contributed by atoms with van der Waals surface area (Å²) in [6, 6.07) is 9.32. The minimum atomic E-state index is -0.715. The minimum absolute atomic E-state index is 0.195. The molecule has 1 N–H and O–H groups in total. The van der Waals surface area contributed by atoms with E-state index in [9.17, 15) is 9.90 Å². The van der Waals surface area contributed by atoms with Crippen molar-refractivity contribution in [1.29, 1.82) is 0 Å². The summed E-state index contributed by atoms with van der Waals surface area (Å²) in [5.74, 6) is -0.195. The molecule has 5 nitrogen and oxygen atoms in total. The first-order chi connectivity index (χ1) is 10.5. The second kappa shape index (κ2) is 7.13. The number of hydrogen-bond acceptors (Lipinski definition) is 4. The van der Waals surface area contributed by atoms with E-state index in [-0.39, 0.29) is 12.5 Å². The second-order valence-corrected chi connectivity index (χ2v) is 5.31. The third kappa shape index (κ3) is 3.89. The molecule has 0 bridgehead atoms. The number of carbonyl (C=O) groups excluding carboxylic acids is 1. The molecule has 0 aliphatic heterocycles. The van der Waals surface area contributed by atoms with Crippen LogP contribution in [0, 0.1) is 13.8 Å². The summed E-state index contributed by atoms with van der Waals surface area (Å²) in [4.78, 5) is 22.1. The van der Waals surface area contributed by atoms with Crippen LogP contribution in [0.3, 0.4) is 0 Å². The molecule has 116 valence electrons. The van der Waals surface area contributed by atoms with Gasteiger partial charge in [0.1, 0.15) is 12.0 Å². The molecule has 1 unspecified atom stereocenters. The van der Waals surface area contributed by atoms with E-state index in [1.807, 2.05) is 45.0 Å². The van der Waals surface area contributed by atoms with E-state index in [4.69, 9.17) is 0 Å². The number of likely N-dealkylation sites (N-methyl/N-ethyl adjacent to an activating group) is 1. The lowest BCUT2D eigenvalue weighted by Gasteiger charge is -2.24. The zero-order valence-electron chi connectivity index (χ0n) is 13.2. The number of aromatic nitrogens is 2. The van der Waals surface area contributed by atoms with Crippen molar-refractivity contribution in [1.82, 2.24) is 14.9 Å². The topological polar surface area (TPSA) is 66.3 Å². The van der Waals surface area contributed by atoms with Crippen LogP contribution in [0.25, 0.3) is 0 Å². The summed E-state index contributed by atoms with van der Waals surface area (Å²) in [6.45, 7) is 6.44. The molecule has 2 rings (SSSR count). The Labute approximate surface area is 130 Å². The number of aliphatic hydroxyl groups excluding tert-OH is 1. The van der Waals surface area contributed by atoms with Gasteiger partial charge in [0.05, 0.1) is 12.6 Å². The monoisotopic (exact) mass is 299 g/mol. The Morgan fingerprint density at radius 3 is 2.50 bits per heavy atom. The lowest BCUT2D eigenvalue weighted by atomic mass is 10.1. The number of aryl methyl sites for hydroxylation is 2. The molecule has 5 heteroatoms. The summed E-state index contributed by atoms with van der Waals surface area (Å²) < 4.78 is 0. The maximum atomic E-state index is 12.5. The van der Waals surface area contributed by atoms with Gasteiger partial charge in [0, 0.05) is 12.2 Å². The van der Waals surface area contributed by atoms with Crippen LogP contribution in [-0.2, 0) is 0 Å². The van der Waals surface area contributed by atoms with Crippen molar-refractivity contribution in [2.45, 2.75) is 26.9 Å². The van der Waals surface area contributed by atoms with Gasteiger partial charge in [-0.25, -0.2) is 9.97 Å². The zero-order valence-corrected chi connectivity index (χ0v) is 13.2. The van der Waals surface area contributed by atoms with Gasteiger partial charge < -0.3 is 10.0 Å². The summed E-state index contributed by atoms with van der Waals surface area (Å²) in [6.07, 6.45) is 0.666. The van der Waals surface area contributed by atoms with Gasteiger partial charge in [0.2, 0.25) is 0 Å². The lowest BCUT2D eigenvalue weighted by molar-refractivity contribution is 0.0629. The van der Waals surface area contributed by atoms with Crippen molar-refractivity contribution in [3.05, 3.63) is 59.2 Å². The fourth-order valence-electron chi connectivity index (χ4n) is 2.19. The number of aliphatic hydroxyl groups is 1. The molecule has 2 aromatic rings. The summed E-state index contributed by atoms with van der Waals surface area (Å²) >= 11 is 0. The van der Waals surface area contributed by atoms with Crippen molar-refractivity contribution < 1.29 is 9.90 Å². The van der Waals surface area contributed by atoms with Gasteiger partial charge in [0.25, 0.3) is 5.91 Å². The Balaban J connectivity index is 2.11. The summed E-state index contributed by atoms with van der Waals surface area (Å²) in [5.41, 5.74) is 3.03. The van der Waals surface area contributed by atoms with E-state index in [1.54, 1.807) is 11.0 Å². The van der Waals surface area contributed by atoms with Crippen molar-refractivity contribution in [3.8, 4) is 0 Å². The Morgan fingerprint density at radius 1 is 1.23 bits per heavy atom. The molecule has 0 spiro atoms. The van der Waals surface area contributed by atoms with Gasteiger partial charge in [0.15, 0.2) is 0 Å². The predicted octanol–water partition coefficient (Wildman–Crippen LogP) is 2.29. The van der Waals surface area contributed by atoms with Crippen LogP contribution < -0.4 is 0 Å². The fourth-order valence-corrected chi connectivity index (χ4v) is 2.19. The van der Waals surface area contributed by atoms with E-state index in [1.165, 1.54) is 6.33 Å². The second-order valence-electron chi connectivity index (χ2n) is 5.31. The number of nitrogens with zero attached hydrogens (tertiary/aromatic N) is 3. The van der Waals surface area contributed by atoms with Crippen LogP contribution in [0.15, 0.2) is 36.7 Å². The molecule has 1 atom stereocenters. The third-order valence-corrected chi connectivity index (χ3v) is 3.55. The first-order valence-corrected chi connectivity index (χ1v) is 7.33. The minimum Gasteiger partial charge on any atom is -0.387 e. The van der Waals surface area contributed by atoms with Gasteiger partial charge in [-0.05, 0) is 32.4 Å². The highest BCUT2D eigenvalue weighted by Crippen LogP contribution is 2.16. The average Bonchev–Trinajstić information content (AvgIpc) is 2.52. The molecule has 0 radical (unpaired) electrons. The van der Waals surface area contributed by atoms with E-state index in [0.717, 1.165) is 16.8 Å². The smallest absolute Gasteiger partial charge is 0.272 e. The van der Waals surface area contributed by atoms with Crippen molar-refractivity contribution in [3.63, 3.8) is 0 Å². The van der Waals surface area contributed by atoms with Crippen LogP contribution >= 0.6 is 0 Å². The molecule has 1 aromatic heterocycles. The Kier molecular flexibility index (Phi) is 5.22. The van der Waals surface area contributed by atoms with E-state index < -0.39 is 6.10 Å². The van der Waals surface area contributed by atoms with Gasteiger partial charge in [-0.2, -0.15) is 0 Å². The molecule has 0 aliphatic carbocycles. The SMILES string of the molecule is CCN(CC(O)c1ccc(C)cc1)C(=O)c1cc(C)ncn1. The van der Waals surface area contributed by atoms with Gasteiger partial charge in [-0.1, -0.05) is 29.8 Å². The molecular weight excluding hydrogens is 278 g/mol. The van der Waals surface area contributed by atoms with E-state index in [0.29, 0.717) is 12.2 Å². The highest BCUT2D eigenvalue weighted by atomic mass is 16.3. The predicted molar refractivity (Wildman–Crippen MR) is 84.5 cm³/mol. The zero-order chi connectivity index (χ0) is 16.1. The third-order valence-electron chi connectivity index (χ3n) is 3.55. The number of amides is 1. The maximum Gasteiger partial charge on any atom is 0.272 e. The highest BCUT2D eigenvalue weighted by molar-refractivity contribution is 5.92. The van der Waals surface area contributed by atoms with E-state index in [2.05, 4.69) is 9.97 Å². The molecule has 22 heavy (non-hydrogen) atoms. The van der Waals surface area contributed by atoms with Crippen LogP contribution in [0.4, 0.5) is 0 Å². The Hall–Kier alpha value is -2.27. The van der Waals surface area contributed by atoms with Gasteiger partial charge >= 0.3 is 0 Å². The van der Waals surface area contributed by atoms with Crippen molar-refractivity contribution in [2.75, 3.05) is 13.1 Å². The summed E-state index contributed by atoms with van der Waals surface area (Å²) in [5, 5.41) is 10.3.